The number of carbonyl (C=O) groups excluding carboxylic acids is 1. The zero-order valence-corrected chi connectivity index (χ0v) is 8.27. The molecule has 0 fully saturated rings. The van der Waals surface area contributed by atoms with E-state index in [1.54, 1.807) is 24.5 Å². The summed E-state index contributed by atoms with van der Waals surface area (Å²) in [6.07, 6.45) is 4.75. The van der Waals surface area contributed by atoms with E-state index in [1.807, 2.05) is 6.07 Å². The van der Waals surface area contributed by atoms with Gasteiger partial charge in [-0.05, 0) is 18.2 Å². The highest BCUT2D eigenvalue weighted by Gasteiger charge is 2.07. The van der Waals surface area contributed by atoms with Crippen LogP contribution in [0, 0.1) is 11.3 Å². The van der Waals surface area contributed by atoms with Gasteiger partial charge in [-0.2, -0.15) is 5.26 Å². The summed E-state index contributed by atoms with van der Waals surface area (Å²) in [5, 5.41) is 8.72. The molecule has 0 aliphatic heterocycles. The smallest absolute Gasteiger partial charge is 0.259 e. The molecule has 0 bridgehead atoms. The third-order valence-electron chi connectivity index (χ3n) is 2.15. The molecular weight excluding hydrogens is 204 g/mol. The predicted molar refractivity (Wildman–Crippen MR) is 58.9 cm³/mol. The average molecular weight is 212 g/mol. The van der Waals surface area contributed by atoms with E-state index in [0.717, 1.165) is 5.52 Å². The molecule has 5 heteroatoms. The summed E-state index contributed by atoms with van der Waals surface area (Å²) in [5.41, 5.74) is 7.18. The maximum absolute atomic E-state index is 10.9. The highest BCUT2D eigenvalue weighted by Crippen LogP contribution is 2.17. The highest BCUT2D eigenvalue weighted by molar-refractivity contribution is 6.02. The number of aromatic amines is 1. The molecule has 2 aromatic heterocycles. The Morgan fingerprint density at radius 2 is 2.44 bits per heavy atom. The monoisotopic (exact) mass is 212 g/mol. The lowest BCUT2D eigenvalue weighted by Crippen LogP contribution is -2.12. The Morgan fingerprint density at radius 3 is 3.12 bits per heavy atom. The molecule has 3 N–H and O–H groups in total. The van der Waals surface area contributed by atoms with Gasteiger partial charge in [0.2, 0.25) is 0 Å². The molecule has 0 atom stereocenters. The number of carbonyl (C=O) groups is 1. The van der Waals surface area contributed by atoms with Gasteiger partial charge < -0.3 is 10.7 Å². The minimum atomic E-state index is -0.743. The molecule has 1 amide bonds. The molecule has 0 aliphatic rings. The summed E-state index contributed by atoms with van der Waals surface area (Å²) >= 11 is 0. The number of nitrogens with two attached hydrogens (primary N) is 1. The summed E-state index contributed by atoms with van der Waals surface area (Å²) < 4.78 is 0. The minimum Gasteiger partial charge on any atom is -0.365 e. The van der Waals surface area contributed by atoms with E-state index in [1.165, 1.54) is 6.08 Å². The molecular formula is C11H8N4O. The molecule has 0 saturated carbocycles. The second-order valence-electron chi connectivity index (χ2n) is 3.18. The van der Waals surface area contributed by atoms with Crippen molar-refractivity contribution in [3.05, 3.63) is 35.7 Å². The number of rotatable bonds is 2. The van der Waals surface area contributed by atoms with Crippen LogP contribution in [0.5, 0.6) is 0 Å². The van der Waals surface area contributed by atoms with Crippen LogP contribution in [0.3, 0.4) is 0 Å². The van der Waals surface area contributed by atoms with Crippen molar-refractivity contribution in [3.8, 4) is 6.07 Å². The fraction of sp³-hybridized carbons (Fsp3) is 0. The van der Waals surface area contributed by atoms with Crippen molar-refractivity contribution >= 4 is 23.0 Å². The van der Waals surface area contributed by atoms with Gasteiger partial charge in [-0.15, -0.1) is 0 Å². The Labute approximate surface area is 91.2 Å². The molecule has 0 aliphatic carbocycles. The lowest BCUT2D eigenvalue weighted by molar-refractivity contribution is -0.114. The summed E-state index contributed by atoms with van der Waals surface area (Å²) in [5.74, 6) is -0.743. The predicted octanol–water partition coefficient (Wildman–Crippen LogP) is 0.955. The molecule has 0 saturated heterocycles. The number of hydrogen-bond acceptors (Lipinski definition) is 3. The van der Waals surface area contributed by atoms with Gasteiger partial charge in [0.25, 0.3) is 5.91 Å². The molecule has 0 radical (unpaired) electrons. The summed E-state index contributed by atoms with van der Waals surface area (Å²) in [4.78, 5) is 18.0. The van der Waals surface area contributed by atoms with Gasteiger partial charge in [-0.3, -0.25) is 9.78 Å². The van der Waals surface area contributed by atoms with Crippen molar-refractivity contribution in [3.63, 3.8) is 0 Å². The molecule has 78 valence electrons. The van der Waals surface area contributed by atoms with E-state index in [2.05, 4.69) is 9.97 Å². The lowest BCUT2D eigenvalue weighted by atomic mass is 10.2. The number of H-pyrrole nitrogens is 1. The van der Waals surface area contributed by atoms with Gasteiger partial charge in [-0.1, -0.05) is 0 Å². The van der Waals surface area contributed by atoms with Crippen LogP contribution in [0.25, 0.3) is 17.1 Å². The molecule has 0 spiro atoms. The van der Waals surface area contributed by atoms with E-state index >= 15 is 0 Å². The van der Waals surface area contributed by atoms with Crippen LogP contribution in [-0.2, 0) is 4.79 Å². The first-order chi connectivity index (χ1) is 7.72. The molecule has 2 rings (SSSR count). The number of nitriles is 1. The molecule has 2 heterocycles. The number of nitrogens with zero attached hydrogens (tertiary/aromatic N) is 2. The number of nitrogens with one attached hydrogen (secondary N) is 1. The number of hydrogen-bond donors (Lipinski definition) is 2. The lowest BCUT2D eigenvalue weighted by Gasteiger charge is -1.91. The van der Waals surface area contributed by atoms with Crippen LogP contribution in [-0.4, -0.2) is 15.9 Å². The first-order valence-corrected chi connectivity index (χ1v) is 4.56. The van der Waals surface area contributed by atoms with Crippen LogP contribution in [0.1, 0.15) is 5.56 Å². The third-order valence-corrected chi connectivity index (χ3v) is 2.15. The topological polar surface area (TPSA) is 95.6 Å². The SMILES string of the molecule is N#CC(=Cc1c[nH]c2cccnc12)C(N)=O. The second-order valence-corrected chi connectivity index (χ2v) is 3.18. The normalized spacial score (nSPS) is 11.3. The number of amides is 1. The summed E-state index contributed by atoms with van der Waals surface area (Å²) in [6, 6.07) is 5.40. The van der Waals surface area contributed by atoms with Crippen LogP contribution in [0.15, 0.2) is 30.1 Å². The van der Waals surface area contributed by atoms with Gasteiger partial charge in [0, 0.05) is 18.0 Å². The fourth-order valence-corrected chi connectivity index (χ4v) is 1.40. The van der Waals surface area contributed by atoms with Crippen molar-refractivity contribution in [2.75, 3.05) is 0 Å². The number of aromatic nitrogens is 2. The first-order valence-electron chi connectivity index (χ1n) is 4.56. The second kappa shape index (κ2) is 3.87. The average Bonchev–Trinajstić information content (AvgIpc) is 2.69. The molecule has 5 nitrogen and oxygen atoms in total. The van der Waals surface area contributed by atoms with Crippen LogP contribution in [0.2, 0.25) is 0 Å². The third kappa shape index (κ3) is 1.64. The number of primary amides is 1. The van der Waals surface area contributed by atoms with Crippen molar-refractivity contribution in [1.29, 1.82) is 5.26 Å². The van der Waals surface area contributed by atoms with Gasteiger partial charge in [0.1, 0.15) is 11.6 Å². The van der Waals surface area contributed by atoms with E-state index in [-0.39, 0.29) is 5.57 Å². The van der Waals surface area contributed by atoms with Crippen molar-refractivity contribution < 1.29 is 4.79 Å². The van der Waals surface area contributed by atoms with Crippen molar-refractivity contribution in [2.45, 2.75) is 0 Å². The van der Waals surface area contributed by atoms with Gasteiger partial charge in [-0.25, -0.2) is 0 Å². The summed E-state index contributed by atoms with van der Waals surface area (Å²) in [7, 11) is 0. The maximum Gasteiger partial charge on any atom is 0.259 e. The molecule has 2 aromatic rings. The Bertz CT molecular complexity index is 618. The minimum absolute atomic E-state index is 0.0912. The van der Waals surface area contributed by atoms with Crippen molar-refractivity contribution in [2.24, 2.45) is 5.73 Å². The van der Waals surface area contributed by atoms with E-state index in [9.17, 15) is 4.79 Å². The number of fused-ring (bicyclic) bond motifs is 1. The standard InChI is InChI=1S/C11H8N4O/c12-5-7(11(13)16)4-8-6-15-9-2-1-3-14-10(8)9/h1-4,6,15H,(H2,13,16). The van der Waals surface area contributed by atoms with E-state index in [0.29, 0.717) is 11.1 Å². The fourth-order valence-electron chi connectivity index (χ4n) is 1.40. The zero-order valence-electron chi connectivity index (χ0n) is 8.27. The van der Waals surface area contributed by atoms with E-state index < -0.39 is 5.91 Å². The van der Waals surface area contributed by atoms with Crippen LogP contribution < -0.4 is 5.73 Å². The zero-order chi connectivity index (χ0) is 11.5. The summed E-state index contributed by atoms with van der Waals surface area (Å²) in [6.45, 7) is 0. The first kappa shape index (κ1) is 9.93. The van der Waals surface area contributed by atoms with Crippen molar-refractivity contribution in [1.82, 2.24) is 9.97 Å². The van der Waals surface area contributed by atoms with Gasteiger partial charge in [0.05, 0.1) is 11.0 Å². The van der Waals surface area contributed by atoms with Gasteiger partial charge in [0.15, 0.2) is 0 Å². The van der Waals surface area contributed by atoms with Gasteiger partial charge >= 0.3 is 0 Å². The maximum atomic E-state index is 10.9. The molecule has 0 aromatic carbocycles. The quantitative estimate of drug-likeness (QED) is 0.573. The highest BCUT2D eigenvalue weighted by atomic mass is 16.1. The van der Waals surface area contributed by atoms with Crippen LogP contribution in [0.4, 0.5) is 0 Å². The Hall–Kier alpha value is -2.61. The van der Waals surface area contributed by atoms with Crippen LogP contribution >= 0.6 is 0 Å². The van der Waals surface area contributed by atoms with E-state index in [4.69, 9.17) is 11.0 Å². The number of pyridine rings is 1. The molecule has 0 unspecified atom stereocenters. The Morgan fingerprint density at radius 1 is 1.62 bits per heavy atom. The Kier molecular flexibility index (Phi) is 2.40. The Balaban J connectivity index is 2.57. The molecule has 16 heavy (non-hydrogen) atoms. The largest absolute Gasteiger partial charge is 0.365 e.